The number of anilines is 1. The second-order valence-electron chi connectivity index (χ2n) is 3.73. The molecule has 0 radical (unpaired) electrons. The zero-order valence-electron chi connectivity index (χ0n) is 9.69. The minimum atomic E-state index is 0.522. The lowest BCUT2D eigenvalue weighted by Gasteiger charge is -2.09. The zero-order valence-corrected chi connectivity index (χ0v) is 9.69. The quantitative estimate of drug-likeness (QED) is 0.871. The van der Waals surface area contributed by atoms with Gasteiger partial charge in [-0.3, -0.25) is 4.98 Å². The number of aromatic nitrogens is 2. The van der Waals surface area contributed by atoms with Gasteiger partial charge in [-0.25, -0.2) is 0 Å². The van der Waals surface area contributed by atoms with Crippen molar-refractivity contribution in [3.8, 4) is 6.07 Å². The number of nitriles is 1. The smallest absolute Gasteiger partial charge is 0.124 e. The van der Waals surface area contributed by atoms with Crippen LogP contribution in [0.2, 0.25) is 0 Å². The van der Waals surface area contributed by atoms with E-state index in [4.69, 9.17) is 9.78 Å². The summed E-state index contributed by atoms with van der Waals surface area (Å²) in [5.74, 6) is 0. The highest BCUT2D eigenvalue weighted by molar-refractivity contribution is 5.59. The average molecular weight is 228 g/mol. The van der Waals surface area contributed by atoms with Gasteiger partial charge in [-0.05, 0) is 19.9 Å². The average Bonchev–Trinajstić information content (AvgIpc) is 2.78. The van der Waals surface area contributed by atoms with Gasteiger partial charge in [0.05, 0.1) is 23.5 Å². The Balaban J connectivity index is 2.23. The SMILES string of the molecule is Cc1cc(NCc2ccon2)c(C#N)c(C)n1. The lowest BCUT2D eigenvalue weighted by Crippen LogP contribution is -2.04. The third-order valence-corrected chi connectivity index (χ3v) is 2.39. The van der Waals surface area contributed by atoms with E-state index in [0.29, 0.717) is 12.1 Å². The maximum absolute atomic E-state index is 9.08. The normalized spacial score (nSPS) is 9.94. The number of hydrogen-bond acceptors (Lipinski definition) is 5. The van der Waals surface area contributed by atoms with Crippen LogP contribution in [0.1, 0.15) is 22.6 Å². The first kappa shape index (κ1) is 11.1. The Morgan fingerprint density at radius 2 is 2.29 bits per heavy atom. The number of pyridine rings is 1. The van der Waals surface area contributed by atoms with Crippen LogP contribution in [0.3, 0.4) is 0 Å². The van der Waals surface area contributed by atoms with Gasteiger partial charge in [0.2, 0.25) is 0 Å². The molecule has 0 unspecified atom stereocenters. The van der Waals surface area contributed by atoms with Gasteiger partial charge in [0.1, 0.15) is 18.0 Å². The standard InChI is InChI=1S/C12H12N4O/c1-8-5-12(11(6-13)9(2)15-8)14-7-10-3-4-17-16-10/h3-5H,7H2,1-2H3,(H,14,15). The molecule has 2 rings (SSSR count). The Labute approximate surface area is 99.1 Å². The fourth-order valence-electron chi connectivity index (χ4n) is 1.62. The summed E-state index contributed by atoms with van der Waals surface area (Å²) in [6, 6.07) is 5.78. The van der Waals surface area contributed by atoms with Gasteiger partial charge in [0.15, 0.2) is 0 Å². The molecular weight excluding hydrogens is 216 g/mol. The van der Waals surface area contributed by atoms with E-state index in [9.17, 15) is 0 Å². The summed E-state index contributed by atoms with van der Waals surface area (Å²) in [5, 5.41) is 16.0. The molecule has 5 heteroatoms. The fourth-order valence-corrected chi connectivity index (χ4v) is 1.62. The molecule has 2 aromatic rings. The molecule has 1 N–H and O–H groups in total. The van der Waals surface area contributed by atoms with Gasteiger partial charge in [0, 0.05) is 11.8 Å². The van der Waals surface area contributed by atoms with Crippen LogP contribution in [-0.2, 0) is 6.54 Å². The number of nitrogens with zero attached hydrogens (tertiary/aromatic N) is 3. The van der Waals surface area contributed by atoms with E-state index >= 15 is 0 Å². The van der Waals surface area contributed by atoms with Crippen LogP contribution >= 0.6 is 0 Å². The molecule has 0 saturated carbocycles. The lowest BCUT2D eigenvalue weighted by molar-refractivity contribution is 0.412. The number of rotatable bonds is 3. The van der Waals surface area contributed by atoms with E-state index in [-0.39, 0.29) is 0 Å². The summed E-state index contributed by atoms with van der Waals surface area (Å²) in [4.78, 5) is 4.25. The first-order valence-electron chi connectivity index (χ1n) is 5.22. The van der Waals surface area contributed by atoms with Crippen LogP contribution in [0, 0.1) is 25.2 Å². The van der Waals surface area contributed by atoms with Crippen molar-refractivity contribution in [3.63, 3.8) is 0 Å². The van der Waals surface area contributed by atoms with E-state index in [2.05, 4.69) is 21.5 Å². The first-order valence-corrected chi connectivity index (χ1v) is 5.22. The second kappa shape index (κ2) is 4.66. The Kier molecular flexibility index (Phi) is 3.06. The first-order chi connectivity index (χ1) is 8.20. The van der Waals surface area contributed by atoms with Gasteiger partial charge in [-0.1, -0.05) is 5.16 Å². The van der Waals surface area contributed by atoms with Crippen LogP contribution in [0.4, 0.5) is 5.69 Å². The molecule has 0 amide bonds. The molecule has 0 saturated heterocycles. The monoisotopic (exact) mass is 228 g/mol. The molecule has 0 aliphatic carbocycles. The van der Waals surface area contributed by atoms with Crippen LogP contribution in [0.25, 0.3) is 0 Å². The number of aryl methyl sites for hydroxylation is 2. The molecule has 0 aromatic carbocycles. The summed E-state index contributed by atoms with van der Waals surface area (Å²) in [5.41, 5.74) is 3.75. The second-order valence-corrected chi connectivity index (χ2v) is 3.73. The van der Waals surface area contributed by atoms with Crippen molar-refractivity contribution < 1.29 is 4.52 Å². The molecular formula is C12H12N4O. The molecule has 0 bridgehead atoms. The van der Waals surface area contributed by atoms with Crippen molar-refractivity contribution in [1.82, 2.24) is 10.1 Å². The summed E-state index contributed by atoms with van der Waals surface area (Å²) in [7, 11) is 0. The van der Waals surface area contributed by atoms with Crippen LogP contribution in [0.15, 0.2) is 22.9 Å². The molecule has 0 fully saturated rings. The molecule has 0 spiro atoms. The van der Waals surface area contributed by atoms with E-state index in [1.54, 1.807) is 6.07 Å². The molecule has 2 aromatic heterocycles. The molecule has 17 heavy (non-hydrogen) atoms. The highest BCUT2D eigenvalue weighted by atomic mass is 16.5. The minimum absolute atomic E-state index is 0.522. The Morgan fingerprint density at radius 1 is 1.47 bits per heavy atom. The van der Waals surface area contributed by atoms with Crippen molar-refractivity contribution in [2.45, 2.75) is 20.4 Å². The lowest BCUT2D eigenvalue weighted by atomic mass is 10.1. The van der Waals surface area contributed by atoms with Crippen LogP contribution in [0.5, 0.6) is 0 Å². The topological polar surface area (TPSA) is 74.7 Å². The maximum Gasteiger partial charge on any atom is 0.124 e. The molecule has 86 valence electrons. The third-order valence-electron chi connectivity index (χ3n) is 2.39. The largest absolute Gasteiger partial charge is 0.378 e. The highest BCUT2D eigenvalue weighted by Gasteiger charge is 2.08. The van der Waals surface area contributed by atoms with E-state index < -0.39 is 0 Å². The van der Waals surface area contributed by atoms with Crippen molar-refractivity contribution in [3.05, 3.63) is 41.0 Å². The van der Waals surface area contributed by atoms with E-state index in [1.165, 1.54) is 6.26 Å². The van der Waals surface area contributed by atoms with Gasteiger partial charge < -0.3 is 9.84 Å². The predicted molar refractivity (Wildman–Crippen MR) is 62.3 cm³/mol. The third kappa shape index (κ3) is 2.42. The fraction of sp³-hybridized carbons (Fsp3) is 0.250. The Morgan fingerprint density at radius 3 is 2.94 bits per heavy atom. The van der Waals surface area contributed by atoms with Crippen molar-refractivity contribution in [2.24, 2.45) is 0 Å². The van der Waals surface area contributed by atoms with Gasteiger partial charge in [-0.15, -0.1) is 0 Å². The summed E-state index contributed by atoms with van der Waals surface area (Å²) in [6.45, 7) is 4.25. The number of hydrogen-bond donors (Lipinski definition) is 1. The Bertz CT molecular complexity index is 555. The van der Waals surface area contributed by atoms with Gasteiger partial charge in [0.25, 0.3) is 0 Å². The predicted octanol–water partition coefficient (Wildman–Crippen LogP) is 2.17. The highest BCUT2D eigenvalue weighted by Crippen LogP contribution is 2.19. The summed E-state index contributed by atoms with van der Waals surface area (Å²) < 4.78 is 4.74. The van der Waals surface area contributed by atoms with Crippen molar-refractivity contribution in [1.29, 1.82) is 5.26 Å². The molecule has 0 aliphatic rings. The van der Waals surface area contributed by atoms with E-state index in [1.807, 2.05) is 19.9 Å². The molecule has 0 aliphatic heterocycles. The van der Waals surface area contributed by atoms with Crippen LogP contribution in [-0.4, -0.2) is 10.1 Å². The summed E-state index contributed by atoms with van der Waals surface area (Å²) >= 11 is 0. The van der Waals surface area contributed by atoms with E-state index in [0.717, 1.165) is 22.8 Å². The molecule has 2 heterocycles. The Hall–Kier alpha value is -2.35. The van der Waals surface area contributed by atoms with Gasteiger partial charge in [-0.2, -0.15) is 5.26 Å². The summed E-state index contributed by atoms with van der Waals surface area (Å²) in [6.07, 6.45) is 1.52. The zero-order chi connectivity index (χ0) is 12.3. The minimum Gasteiger partial charge on any atom is -0.378 e. The van der Waals surface area contributed by atoms with Crippen molar-refractivity contribution in [2.75, 3.05) is 5.32 Å². The molecule has 5 nitrogen and oxygen atoms in total. The molecule has 0 atom stereocenters. The number of nitrogens with one attached hydrogen (secondary N) is 1. The van der Waals surface area contributed by atoms with Crippen molar-refractivity contribution >= 4 is 5.69 Å². The van der Waals surface area contributed by atoms with Crippen LogP contribution < -0.4 is 5.32 Å². The van der Waals surface area contributed by atoms with Gasteiger partial charge >= 0.3 is 0 Å². The maximum atomic E-state index is 9.08.